The van der Waals surface area contributed by atoms with Gasteiger partial charge in [0.1, 0.15) is 5.60 Å². The molecule has 158 valence electrons. The molecule has 0 atom stereocenters. The van der Waals surface area contributed by atoms with E-state index >= 15 is 0 Å². The van der Waals surface area contributed by atoms with Crippen LogP contribution in [0.2, 0.25) is 10.0 Å². The summed E-state index contributed by atoms with van der Waals surface area (Å²) in [6.07, 6.45) is 4.25. The number of hydrogen-bond donors (Lipinski definition) is 1. The molecule has 7 nitrogen and oxygen atoms in total. The zero-order valence-electron chi connectivity index (χ0n) is 16.6. The first-order valence-electron chi connectivity index (χ1n) is 9.46. The number of carbonyl (C=O) groups excluding carboxylic acids is 1. The quantitative estimate of drug-likeness (QED) is 0.586. The number of fused-ring (bicyclic) bond motifs is 1. The van der Waals surface area contributed by atoms with E-state index in [0.717, 1.165) is 27.1 Å². The number of halogens is 2. The molecule has 1 aliphatic heterocycles. The highest BCUT2D eigenvalue weighted by Crippen LogP contribution is 2.40. The van der Waals surface area contributed by atoms with Crippen molar-refractivity contribution in [1.29, 1.82) is 0 Å². The van der Waals surface area contributed by atoms with E-state index in [2.05, 4.69) is 9.88 Å². The fourth-order valence-corrected chi connectivity index (χ4v) is 5.06. The van der Waals surface area contributed by atoms with Gasteiger partial charge in [0.2, 0.25) is 5.95 Å². The first kappa shape index (κ1) is 21.1. The number of amides is 1. The maximum absolute atomic E-state index is 11.2. The number of benzene rings is 1. The first-order valence-corrected chi connectivity index (χ1v) is 11.0. The Morgan fingerprint density at radius 3 is 2.73 bits per heavy atom. The van der Waals surface area contributed by atoms with Crippen molar-refractivity contribution in [3.05, 3.63) is 46.3 Å². The van der Waals surface area contributed by atoms with E-state index in [1.807, 2.05) is 36.6 Å². The lowest BCUT2D eigenvalue weighted by atomic mass is 9.93. The van der Waals surface area contributed by atoms with Crippen LogP contribution in [0.1, 0.15) is 25.5 Å². The summed E-state index contributed by atoms with van der Waals surface area (Å²) in [6, 6.07) is 5.56. The van der Waals surface area contributed by atoms with Gasteiger partial charge in [0.25, 0.3) is 0 Å². The van der Waals surface area contributed by atoms with Gasteiger partial charge in [-0.1, -0.05) is 41.0 Å². The second-order valence-electron chi connectivity index (χ2n) is 7.46. The summed E-state index contributed by atoms with van der Waals surface area (Å²) in [5.74, 6) is 0.808. The van der Waals surface area contributed by atoms with E-state index in [1.54, 1.807) is 12.3 Å². The van der Waals surface area contributed by atoms with Crippen LogP contribution in [0.5, 0.6) is 0 Å². The summed E-state index contributed by atoms with van der Waals surface area (Å²) in [6.45, 7) is 5.25. The normalized spacial score (nSPS) is 16.1. The third-order valence-electron chi connectivity index (χ3n) is 5.23. The molecule has 1 aromatic carbocycles. The molecule has 10 heteroatoms. The lowest BCUT2D eigenvalue weighted by molar-refractivity contribution is 0.0125. The summed E-state index contributed by atoms with van der Waals surface area (Å²) in [7, 11) is 0. The SMILES string of the molecule is Cc1nc(N2CCC(C)(OC(N)=O)CC2)n2ccnc2c1Sc1cccc(Cl)c1Cl. The average molecular weight is 466 g/mol. The number of primary amides is 1. The van der Waals surface area contributed by atoms with Crippen LogP contribution >= 0.6 is 35.0 Å². The maximum Gasteiger partial charge on any atom is 0.405 e. The minimum atomic E-state index is -0.738. The molecule has 0 spiro atoms. The number of imidazole rings is 1. The van der Waals surface area contributed by atoms with E-state index in [9.17, 15) is 4.79 Å². The van der Waals surface area contributed by atoms with Crippen LogP contribution in [0.25, 0.3) is 5.65 Å². The fraction of sp³-hybridized carbons (Fsp3) is 0.350. The van der Waals surface area contributed by atoms with E-state index in [1.165, 1.54) is 11.8 Å². The Kier molecular flexibility index (Phi) is 5.74. The van der Waals surface area contributed by atoms with Crippen LogP contribution in [0, 0.1) is 6.92 Å². The van der Waals surface area contributed by atoms with Crippen molar-refractivity contribution in [3.63, 3.8) is 0 Å². The Bertz CT molecular complexity index is 1110. The summed E-state index contributed by atoms with van der Waals surface area (Å²) < 4.78 is 7.29. The van der Waals surface area contributed by atoms with E-state index in [4.69, 9.17) is 38.7 Å². The molecule has 1 aliphatic rings. The fourth-order valence-electron chi connectivity index (χ4n) is 3.59. The molecule has 2 N–H and O–H groups in total. The Balaban J connectivity index is 1.65. The molecule has 1 amide bonds. The molecular weight excluding hydrogens is 445 g/mol. The first-order chi connectivity index (χ1) is 14.3. The maximum atomic E-state index is 11.2. The van der Waals surface area contributed by atoms with Crippen molar-refractivity contribution >= 4 is 52.7 Å². The Morgan fingerprint density at radius 1 is 1.30 bits per heavy atom. The summed E-state index contributed by atoms with van der Waals surface area (Å²) in [5, 5.41) is 1.03. The molecule has 3 heterocycles. The highest BCUT2D eigenvalue weighted by Gasteiger charge is 2.34. The van der Waals surface area contributed by atoms with Crippen LogP contribution in [0.4, 0.5) is 10.7 Å². The Hall–Kier alpha value is -2.16. The smallest absolute Gasteiger partial charge is 0.405 e. The van der Waals surface area contributed by atoms with Crippen molar-refractivity contribution in [2.45, 2.75) is 42.1 Å². The molecule has 4 rings (SSSR count). The molecule has 2 aromatic heterocycles. The van der Waals surface area contributed by atoms with Crippen LogP contribution in [0.3, 0.4) is 0 Å². The van der Waals surface area contributed by atoms with Gasteiger partial charge in [-0.3, -0.25) is 4.40 Å². The lowest BCUT2D eigenvalue weighted by Gasteiger charge is -2.39. The molecule has 0 radical (unpaired) electrons. The van der Waals surface area contributed by atoms with E-state index < -0.39 is 11.7 Å². The molecule has 3 aromatic rings. The van der Waals surface area contributed by atoms with Gasteiger partial charge in [-0.25, -0.2) is 14.8 Å². The minimum Gasteiger partial charge on any atom is -0.443 e. The number of carbonyl (C=O) groups is 1. The number of nitrogens with two attached hydrogens (primary N) is 1. The predicted octanol–water partition coefficient (Wildman–Crippen LogP) is 4.95. The second-order valence-corrected chi connectivity index (χ2v) is 9.30. The second kappa shape index (κ2) is 8.17. The number of nitrogens with zero attached hydrogens (tertiary/aromatic N) is 4. The number of aromatic nitrogens is 3. The molecule has 1 fully saturated rings. The third kappa shape index (κ3) is 4.04. The van der Waals surface area contributed by atoms with Gasteiger partial charge >= 0.3 is 6.09 Å². The van der Waals surface area contributed by atoms with Crippen molar-refractivity contribution in [1.82, 2.24) is 14.4 Å². The molecule has 0 bridgehead atoms. The molecular formula is C20H21Cl2N5O2S. The van der Waals surface area contributed by atoms with Crippen molar-refractivity contribution in [3.8, 4) is 0 Å². The monoisotopic (exact) mass is 465 g/mol. The Labute approximate surface area is 188 Å². The highest BCUT2D eigenvalue weighted by molar-refractivity contribution is 7.99. The molecule has 30 heavy (non-hydrogen) atoms. The van der Waals surface area contributed by atoms with Crippen LogP contribution in [0.15, 0.2) is 40.4 Å². The number of hydrogen-bond acceptors (Lipinski definition) is 6. The van der Waals surface area contributed by atoms with Gasteiger partial charge in [0, 0.05) is 43.2 Å². The number of rotatable bonds is 4. The van der Waals surface area contributed by atoms with Gasteiger partial charge in [0.05, 0.1) is 20.6 Å². The molecule has 0 saturated carbocycles. The number of ether oxygens (including phenoxy) is 1. The standard InChI is InChI=1S/C20H21Cl2N5O2S/c1-12-16(30-14-5-3-4-13(21)15(14)22)17-24-8-11-27(17)19(25-12)26-9-6-20(2,7-10-26)29-18(23)28/h3-5,8,11H,6-7,9-10H2,1-2H3,(H2,23,28). The van der Waals surface area contributed by atoms with Gasteiger partial charge in [-0.2, -0.15) is 0 Å². The predicted molar refractivity (Wildman–Crippen MR) is 119 cm³/mol. The van der Waals surface area contributed by atoms with Gasteiger partial charge in [0.15, 0.2) is 5.65 Å². The zero-order valence-corrected chi connectivity index (χ0v) is 18.9. The zero-order chi connectivity index (χ0) is 21.5. The third-order valence-corrected chi connectivity index (χ3v) is 7.41. The summed E-state index contributed by atoms with van der Waals surface area (Å²) in [5.41, 5.74) is 6.32. The Morgan fingerprint density at radius 2 is 2.03 bits per heavy atom. The van der Waals surface area contributed by atoms with E-state index in [-0.39, 0.29) is 0 Å². The van der Waals surface area contributed by atoms with Crippen molar-refractivity contribution in [2.24, 2.45) is 5.73 Å². The van der Waals surface area contributed by atoms with Crippen LogP contribution in [-0.4, -0.2) is 39.2 Å². The topological polar surface area (TPSA) is 85.8 Å². The lowest BCUT2D eigenvalue weighted by Crippen LogP contribution is -2.46. The van der Waals surface area contributed by atoms with Crippen molar-refractivity contribution in [2.75, 3.05) is 18.0 Å². The largest absolute Gasteiger partial charge is 0.443 e. The molecule has 1 saturated heterocycles. The van der Waals surface area contributed by atoms with E-state index in [0.29, 0.717) is 36.0 Å². The average Bonchev–Trinajstić information content (AvgIpc) is 3.17. The van der Waals surface area contributed by atoms with Gasteiger partial charge in [-0.15, -0.1) is 0 Å². The number of anilines is 1. The molecule has 0 aliphatic carbocycles. The van der Waals surface area contributed by atoms with Crippen LogP contribution < -0.4 is 10.6 Å². The highest BCUT2D eigenvalue weighted by atomic mass is 35.5. The number of aryl methyl sites for hydroxylation is 1. The molecule has 0 unspecified atom stereocenters. The van der Waals surface area contributed by atoms with Gasteiger partial charge in [-0.05, 0) is 26.0 Å². The summed E-state index contributed by atoms with van der Waals surface area (Å²) in [4.78, 5) is 24.6. The van der Waals surface area contributed by atoms with Gasteiger partial charge < -0.3 is 15.4 Å². The van der Waals surface area contributed by atoms with Crippen molar-refractivity contribution < 1.29 is 9.53 Å². The minimum absolute atomic E-state index is 0.512. The number of piperidine rings is 1. The summed E-state index contributed by atoms with van der Waals surface area (Å²) >= 11 is 14.1. The van der Waals surface area contributed by atoms with Crippen LogP contribution in [-0.2, 0) is 4.74 Å².